The van der Waals surface area contributed by atoms with Crippen molar-refractivity contribution in [1.29, 1.82) is 0 Å². The Bertz CT molecular complexity index is 473. The number of hydrogen-bond acceptors (Lipinski definition) is 4. The van der Waals surface area contributed by atoms with Crippen molar-refractivity contribution in [1.82, 2.24) is 20.4 Å². The Hall–Kier alpha value is -1.63. The Morgan fingerprint density at radius 1 is 1.33 bits per heavy atom. The standard InChI is InChI=1S/C14H22N4O3/c1-10-8-15-6-7-17(10)11(19)9-18-12(20)14(16-13(18)21)4-2-3-5-14/h10,15H,2-9H2,1H3,(H,16,21)/t10-/m0/s1. The summed E-state index contributed by atoms with van der Waals surface area (Å²) in [6, 6.07) is -0.328. The molecule has 2 aliphatic heterocycles. The zero-order chi connectivity index (χ0) is 15.0. The molecule has 7 heteroatoms. The molecular formula is C14H22N4O3. The second kappa shape index (κ2) is 5.29. The number of hydrogen-bond donors (Lipinski definition) is 2. The molecule has 0 aromatic carbocycles. The van der Waals surface area contributed by atoms with Crippen molar-refractivity contribution in [2.45, 2.75) is 44.2 Å². The predicted molar refractivity (Wildman–Crippen MR) is 75.5 cm³/mol. The molecule has 1 saturated carbocycles. The first-order chi connectivity index (χ1) is 10.0. The monoisotopic (exact) mass is 294 g/mol. The summed E-state index contributed by atoms with van der Waals surface area (Å²) in [6.45, 7) is 3.94. The fourth-order valence-electron chi connectivity index (χ4n) is 3.57. The molecule has 3 fully saturated rings. The number of nitrogens with one attached hydrogen (secondary N) is 2. The first-order valence-corrected chi connectivity index (χ1v) is 7.68. The maximum absolute atomic E-state index is 12.5. The molecule has 0 aromatic heterocycles. The van der Waals surface area contributed by atoms with Crippen molar-refractivity contribution in [2.24, 2.45) is 0 Å². The minimum absolute atomic E-state index is 0.0902. The Kier molecular flexibility index (Phi) is 3.61. The topological polar surface area (TPSA) is 81.8 Å². The van der Waals surface area contributed by atoms with Gasteiger partial charge in [-0.15, -0.1) is 0 Å². The summed E-state index contributed by atoms with van der Waals surface area (Å²) < 4.78 is 0. The number of rotatable bonds is 2. The van der Waals surface area contributed by atoms with E-state index >= 15 is 0 Å². The van der Waals surface area contributed by atoms with E-state index in [0.29, 0.717) is 19.4 Å². The molecule has 3 rings (SSSR count). The molecule has 3 aliphatic rings. The van der Waals surface area contributed by atoms with Crippen LogP contribution in [0.25, 0.3) is 0 Å². The van der Waals surface area contributed by atoms with Gasteiger partial charge in [0.15, 0.2) is 0 Å². The SMILES string of the molecule is C[C@H]1CNCCN1C(=O)CN1C(=O)NC2(CCCC2)C1=O. The van der Waals surface area contributed by atoms with Crippen molar-refractivity contribution in [3.8, 4) is 0 Å². The highest BCUT2D eigenvalue weighted by molar-refractivity contribution is 6.09. The van der Waals surface area contributed by atoms with Crippen molar-refractivity contribution in [3.05, 3.63) is 0 Å². The third-order valence-electron chi connectivity index (χ3n) is 4.82. The molecule has 4 amide bonds. The summed E-state index contributed by atoms with van der Waals surface area (Å²) in [4.78, 5) is 39.8. The second-order valence-corrected chi connectivity index (χ2v) is 6.25. The zero-order valence-electron chi connectivity index (χ0n) is 12.4. The largest absolute Gasteiger partial charge is 0.336 e. The maximum atomic E-state index is 12.5. The van der Waals surface area contributed by atoms with E-state index in [1.807, 2.05) is 6.92 Å². The molecule has 7 nitrogen and oxygen atoms in total. The van der Waals surface area contributed by atoms with Crippen LogP contribution in [0.2, 0.25) is 0 Å². The number of carbonyl (C=O) groups is 3. The highest BCUT2D eigenvalue weighted by Gasteiger charge is 2.52. The normalized spacial score (nSPS) is 28.3. The lowest BCUT2D eigenvalue weighted by atomic mass is 9.98. The van der Waals surface area contributed by atoms with Crippen LogP contribution >= 0.6 is 0 Å². The highest BCUT2D eigenvalue weighted by Crippen LogP contribution is 2.34. The molecule has 0 aromatic rings. The molecule has 0 radical (unpaired) electrons. The number of carbonyl (C=O) groups excluding carboxylic acids is 3. The van der Waals surface area contributed by atoms with E-state index in [1.54, 1.807) is 4.90 Å². The number of piperazine rings is 1. The number of amides is 4. The number of urea groups is 1. The van der Waals surface area contributed by atoms with E-state index in [0.717, 1.165) is 30.8 Å². The predicted octanol–water partition coefficient (Wildman–Crippen LogP) is -0.329. The van der Waals surface area contributed by atoms with E-state index in [2.05, 4.69) is 10.6 Å². The Balaban J connectivity index is 1.68. The Morgan fingerprint density at radius 3 is 2.71 bits per heavy atom. The van der Waals surface area contributed by atoms with Crippen LogP contribution in [-0.4, -0.2) is 65.4 Å². The van der Waals surface area contributed by atoms with E-state index in [-0.39, 0.29) is 24.4 Å². The average molecular weight is 294 g/mol. The van der Waals surface area contributed by atoms with Crippen molar-refractivity contribution in [2.75, 3.05) is 26.2 Å². The van der Waals surface area contributed by atoms with E-state index < -0.39 is 11.6 Å². The van der Waals surface area contributed by atoms with Crippen molar-refractivity contribution >= 4 is 17.8 Å². The minimum Gasteiger partial charge on any atom is -0.336 e. The van der Waals surface area contributed by atoms with Gasteiger partial charge in [-0.05, 0) is 19.8 Å². The summed E-state index contributed by atoms with van der Waals surface area (Å²) >= 11 is 0. The first-order valence-electron chi connectivity index (χ1n) is 7.68. The molecule has 1 atom stereocenters. The Labute approximate surface area is 124 Å². The fraction of sp³-hybridized carbons (Fsp3) is 0.786. The van der Waals surface area contributed by atoms with Crippen LogP contribution in [-0.2, 0) is 9.59 Å². The molecule has 0 bridgehead atoms. The van der Waals surface area contributed by atoms with Crippen LogP contribution in [0, 0.1) is 0 Å². The lowest BCUT2D eigenvalue weighted by molar-refractivity contribution is -0.140. The fourth-order valence-corrected chi connectivity index (χ4v) is 3.57. The smallest absolute Gasteiger partial charge is 0.325 e. The molecule has 1 aliphatic carbocycles. The van der Waals surface area contributed by atoms with Crippen LogP contribution in [0.1, 0.15) is 32.6 Å². The number of imide groups is 1. The van der Waals surface area contributed by atoms with Crippen molar-refractivity contribution in [3.63, 3.8) is 0 Å². The van der Waals surface area contributed by atoms with Crippen LogP contribution in [0.15, 0.2) is 0 Å². The van der Waals surface area contributed by atoms with E-state index in [1.165, 1.54) is 0 Å². The lowest BCUT2D eigenvalue weighted by Gasteiger charge is -2.34. The van der Waals surface area contributed by atoms with E-state index in [9.17, 15) is 14.4 Å². The molecule has 1 spiro atoms. The van der Waals surface area contributed by atoms with Gasteiger partial charge >= 0.3 is 6.03 Å². The molecule has 2 saturated heterocycles. The highest BCUT2D eigenvalue weighted by atomic mass is 16.2. The van der Waals surface area contributed by atoms with Gasteiger partial charge < -0.3 is 15.5 Å². The van der Waals surface area contributed by atoms with Crippen LogP contribution < -0.4 is 10.6 Å². The number of nitrogens with zero attached hydrogens (tertiary/aromatic N) is 2. The van der Waals surface area contributed by atoms with Gasteiger partial charge in [-0.3, -0.25) is 14.5 Å². The third kappa shape index (κ3) is 2.39. The van der Waals surface area contributed by atoms with Gasteiger partial charge in [0.1, 0.15) is 12.1 Å². The lowest BCUT2D eigenvalue weighted by Crippen LogP contribution is -2.55. The minimum atomic E-state index is -0.730. The van der Waals surface area contributed by atoms with Crippen molar-refractivity contribution < 1.29 is 14.4 Å². The van der Waals surface area contributed by atoms with Gasteiger partial charge in [0, 0.05) is 25.7 Å². The molecular weight excluding hydrogens is 272 g/mol. The first kappa shape index (κ1) is 14.3. The van der Waals surface area contributed by atoms with Gasteiger partial charge in [-0.1, -0.05) is 12.8 Å². The molecule has 2 heterocycles. The molecule has 0 unspecified atom stereocenters. The van der Waals surface area contributed by atoms with Gasteiger partial charge in [0.05, 0.1) is 0 Å². The zero-order valence-corrected chi connectivity index (χ0v) is 12.4. The summed E-state index contributed by atoms with van der Waals surface area (Å²) in [6.07, 6.45) is 3.27. The molecule has 116 valence electrons. The van der Waals surface area contributed by atoms with Gasteiger partial charge in [0.2, 0.25) is 5.91 Å². The molecule has 21 heavy (non-hydrogen) atoms. The average Bonchev–Trinajstić information content (AvgIpc) is 3.01. The van der Waals surface area contributed by atoms with E-state index in [4.69, 9.17) is 0 Å². The molecule has 2 N–H and O–H groups in total. The van der Waals surface area contributed by atoms with Crippen LogP contribution in [0.4, 0.5) is 4.79 Å². The van der Waals surface area contributed by atoms with Gasteiger partial charge in [-0.2, -0.15) is 0 Å². The maximum Gasteiger partial charge on any atom is 0.325 e. The summed E-state index contributed by atoms with van der Waals surface area (Å²) in [5, 5.41) is 6.02. The van der Waals surface area contributed by atoms with Gasteiger partial charge in [0.25, 0.3) is 5.91 Å². The second-order valence-electron chi connectivity index (χ2n) is 6.25. The van der Waals surface area contributed by atoms with Crippen LogP contribution in [0.3, 0.4) is 0 Å². The van der Waals surface area contributed by atoms with Crippen LogP contribution in [0.5, 0.6) is 0 Å². The quantitative estimate of drug-likeness (QED) is 0.683. The summed E-state index contributed by atoms with van der Waals surface area (Å²) in [5.41, 5.74) is -0.730. The summed E-state index contributed by atoms with van der Waals surface area (Å²) in [7, 11) is 0. The van der Waals surface area contributed by atoms with Gasteiger partial charge in [-0.25, -0.2) is 4.79 Å². The summed E-state index contributed by atoms with van der Waals surface area (Å²) in [5.74, 6) is -0.372. The Morgan fingerprint density at radius 2 is 2.05 bits per heavy atom. The third-order valence-corrected chi connectivity index (χ3v) is 4.82.